The normalized spacial score (nSPS) is 28.3. The Bertz CT molecular complexity index is 141. The molecule has 1 saturated carbocycles. The zero-order valence-electron chi connectivity index (χ0n) is 9.56. The van der Waals surface area contributed by atoms with Crippen LogP contribution in [-0.4, -0.2) is 19.8 Å². The van der Waals surface area contributed by atoms with Crippen molar-refractivity contribution in [2.75, 3.05) is 0 Å². The summed E-state index contributed by atoms with van der Waals surface area (Å²) >= 11 is -0.865. The molecule has 2 aliphatic rings. The van der Waals surface area contributed by atoms with Gasteiger partial charge in [-0.3, -0.25) is 0 Å². The molecular formula is C13H25Sn. The summed E-state index contributed by atoms with van der Waals surface area (Å²) in [5.41, 5.74) is 0. The summed E-state index contributed by atoms with van der Waals surface area (Å²) in [5.74, 6) is 0. The van der Waals surface area contributed by atoms with E-state index in [2.05, 4.69) is 0 Å². The van der Waals surface area contributed by atoms with Crippen LogP contribution in [0.2, 0.25) is 12.8 Å². The van der Waals surface area contributed by atoms with Crippen molar-refractivity contribution in [2.45, 2.75) is 77.0 Å². The molecule has 81 valence electrons. The Kier molecular flexibility index (Phi) is 5.16. The minimum absolute atomic E-state index is 0.865. The zero-order chi connectivity index (χ0) is 9.64. The summed E-state index contributed by atoms with van der Waals surface area (Å²) in [6.45, 7) is 0. The first-order chi connectivity index (χ1) is 6.97. The van der Waals surface area contributed by atoms with Gasteiger partial charge in [-0.25, -0.2) is 0 Å². The topological polar surface area (TPSA) is 0 Å². The Labute approximate surface area is 96.6 Å². The van der Waals surface area contributed by atoms with E-state index in [0.29, 0.717) is 0 Å². The van der Waals surface area contributed by atoms with Crippen LogP contribution in [0.15, 0.2) is 0 Å². The van der Waals surface area contributed by atoms with E-state index in [0.717, 1.165) is 0 Å². The zero-order valence-corrected chi connectivity index (χ0v) is 12.4. The van der Waals surface area contributed by atoms with Gasteiger partial charge in [-0.15, -0.1) is 0 Å². The number of rotatable bonds is 1. The van der Waals surface area contributed by atoms with E-state index in [1.807, 2.05) is 0 Å². The van der Waals surface area contributed by atoms with E-state index in [9.17, 15) is 0 Å². The molecule has 0 amide bonds. The summed E-state index contributed by atoms with van der Waals surface area (Å²) < 4.78 is 4.84. The molecule has 0 nitrogen and oxygen atoms in total. The molecule has 1 heterocycles. The molecule has 0 atom stereocenters. The molecule has 0 aromatic carbocycles. The van der Waals surface area contributed by atoms with E-state index >= 15 is 0 Å². The Hall–Kier alpha value is 0.799. The van der Waals surface area contributed by atoms with Crippen molar-refractivity contribution in [3.8, 4) is 0 Å². The van der Waals surface area contributed by atoms with Crippen molar-refractivity contribution in [1.29, 1.82) is 0 Å². The molecule has 0 spiro atoms. The van der Waals surface area contributed by atoms with Gasteiger partial charge in [-0.2, -0.15) is 0 Å². The van der Waals surface area contributed by atoms with Gasteiger partial charge in [-0.05, 0) is 0 Å². The molecule has 2 rings (SSSR count). The fourth-order valence-corrected chi connectivity index (χ4v) is 13.8. The van der Waals surface area contributed by atoms with Gasteiger partial charge in [0, 0.05) is 0 Å². The third kappa shape index (κ3) is 3.43. The first kappa shape index (κ1) is 11.3. The van der Waals surface area contributed by atoms with Crippen LogP contribution < -0.4 is 0 Å². The quantitative estimate of drug-likeness (QED) is 0.611. The molecule has 1 heteroatoms. The van der Waals surface area contributed by atoms with Crippen molar-refractivity contribution in [3.63, 3.8) is 0 Å². The molecule has 0 unspecified atom stereocenters. The molecule has 1 aliphatic carbocycles. The van der Waals surface area contributed by atoms with Crippen molar-refractivity contribution < 1.29 is 0 Å². The summed E-state index contributed by atoms with van der Waals surface area (Å²) in [6.07, 6.45) is 15.9. The van der Waals surface area contributed by atoms with Crippen LogP contribution in [0.1, 0.15) is 64.2 Å². The van der Waals surface area contributed by atoms with Gasteiger partial charge in [0.25, 0.3) is 0 Å². The third-order valence-corrected chi connectivity index (χ3v) is 14.8. The van der Waals surface area contributed by atoms with Crippen molar-refractivity contribution in [1.82, 2.24) is 0 Å². The minimum atomic E-state index is -0.865. The SMILES string of the molecule is C1CC[CH2][Sn]([CH]2CCCCC2)[CH2]CC1. The molecule has 0 bridgehead atoms. The standard InChI is InChI=1S/C7H14.C6H11.Sn/c1-3-5-7-6-4-2;1-2-4-6-5-3-1;/h1-7H2;1H,2-6H2;. The Balaban J connectivity index is 1.80. The summed E-state index contributed by atoms with van der Waals surface area (Å²) in [7, 11) is 0. The first-order valence-corrected chi connectivity index (χ1v) is 12.5. The summed E-state index contributed by atoms with van der Waals surface area (Å²) in [5, 5.41) is 0. The number of hydrogen-bond donors (Lipinski definition) is 0. The Morgan fingerprint density at radius 1 is 0.571 bits per heavy atom. The second-order valence-electron chi connectivity index (χ2n) is 5.26. The van der Waals surface area contributed by atoms with Crippen molar-refractivity contribution in [2.24, 2.45) is 0 Å². The van der Waals surface area contributed by atoms with Gasteiger partial charge in [0.05, 0.1) is 0 Å². The van der Waals surface area contributed by atoms with Crippen LogP contribution in [-0.2, 0) is 0 Å². The van der Waals surface area contributed by atoms with Gasteiger partial charge < -0.3 is 0 Å². The Morgan fingerprint density at radius 3 is 1.71 bits per heavy atom. The average molecular weight is 300 g/mol. The first-order valence-electron chi connectivity index (χ1n) is 6.81. The van der Waals surface area contributed by atoms with Gasteiger partial charge in [0.2, 0.25) is 0 Å². The molecule has 0 aromatic rings. The van der Waals surface area contributed by atoms with Crippen LogP contribution in [0.3, 0.4) is 0 Å². The van der Waals surface area contributed by atoms with Crippen molar-refractivity contribution in [3.05, 3.63) is 0 Å². The van der Waals surface area contributed by atoms with Crippen LogP contribution in [0.4, 0.5) is 0 Å². The maximum absolute atomic E-state index is 1.76. The predicted octanol–water partition coefficient (Wildman–Crippen LogP) is 4.78. The Morgan fingerprint density at radius 2 is 1.07 bits per heavy atom. The third-order valence-electron chi connectivity index (χ3n) is 4.18. The van der Waals surface area contributed by atoms with E-state index in [1.54, 1.807) is 73.1 Å². The molecular weight excluding hydrogens is 275 g/mol. The van der Waals surface area contributed by atoms with Crippen molar-refractivity contribution >= 4 is 19.8 Å². The van der Waals surface area contributed by atoms with Crippen LogP contribution >= 0.6 is 0 Å². The molecule has 0 N–H and O–H groups in total. The van der Waals surface area contributed by atoms with Gasteiger partial charge in [0.1, 0.15) is 0 Å². The fourth-order valence-electron chi connectivity index (χ4n) is 3.28. The number of hydrogen-bond acceptors (Lipinski definition) is 0. The van der Waals surface area contributed by atoms with Gasteiger partial charge >= 0.3 is 96.8 Å². The molecule has 1 saturated heterocycles. The molecule has 1 radical (unpaired) electrons. The second-order valence-corrected chi connectivity index (χ2v) is 14.2. The van der Waals surface area contributed by atoms with Gasteiger partial charge in [0.15, 0.2) is 0 Å². The fraction of sp³-hybridized carbons (Fsp3) is 1.00. The summed E-state index contributed by atoms with van der Waals surface area (Å²) in [6, 6.07) is 0. The molecule has 14 heavy (non-hydrogen) atoms. The second kappa shape index (κ2) is 6.40. The van der Waals surface area contributed by atoms with Crippen LogP contribution in [0, 0.1) is 0 Å². The van der Waals surface area contributed by atoms with Crippen LogP contribution in [0.25, 0.3) is 0 Å². The molecule has 0 aromatic heterocycles. The van der Waals surface area contributed by atoms with E-state index in [1.165, 1.54) is 3.93 Å². The predicted molar refractivity (Wildman–Crippen MR) is 65.3 cm³/mol. The average Bonchev–Trinajstić information content (AvgIpc) is 2.18. The van der Waals surface area contributed by atoms with E-state index in [4.69, 9.17) is 0 Å². The van der Waals surface area contributed by atoms with E-state index < -0.39 is 19.8 Å². The van der Waals surface area contributed by atoms with Gasteiger partial charge in [-0.1, -0.05) is 0 Å². The van der Waals surface area contributed by atoms with E-state index in [-0.39, 0.29) is 0 Å². The molecule has 1 aliphatic heterocycles. The monoisotopic (exact) mass is 301 g/mol. The maximum atomic E-state index is 1.76. The molecule has 2 fully saturated rings. The van der Waals surface area contributed by atoms with Crippen LogP contribution in [0.5, 0.6) is 0 Å². The summed E-state index contributed by atoms with van der Waals surface area (Å²) in [4.78, 5) is 0.